The second-order valence-corrected chi connectivity index (χ2v) is 7.29. The van der Waals surface area contributed by atoms with Gasteiger partial charge in [-0.2, -0.15) is 0 Å². The maximum absolute atomic E-state index is 6.59. The summed E-state index contributed by atoms with van der Waals surface area (Å²) in [4.78, 5) is 7.51. The highest BCUT2D eigenvalue weighted by molar-refractivity contribution is 7.19. The summed E-state index contributed by atoms with van der Waals surface area (Å²) in [6, 6.07) is 8.42. The van der Waals surface area contributed by atoms with Gasteiger partial charge in [0, 0.05) is 33.6 Å². The van der Waals surface area contributed by atoms with Gasteiger partial charge in [0.15, 0.2) is 0 Å². The Morgan fingerprint density at radius 1 is 1.09 bits per heavy atom. The molecule has 0 spiro atoms. The molecule has 0 unspecified atom stereocenters. The van der Waals surface area contributed by atoms with E-state index in [4.69, 9.17) is 10.7 Å². The minimum absolute atomic E-state index is 0.873. The van der Waals surface area contributed by atoms with E-state index in [1.54, 1.807) is 0 Å². The first-order valence-corrected chi connectivity index (χ1v) is 8.70. The van der Waals surface area contributed by atoms with Crippen LogP contribution in [0, 0.1) is 0 Å². The molecule has 0 radical (unpaired) electrons. The Labute approximate surface area is 133 Å². The molecule has 3 nitrogen and oxygen atoms in total. The normalized spacial score (nSPS) is 15.8. The molecule has 1 aromatic carbocycles. The van der Waals surface area contributed by atoms with E-state index in [-0.39, 0.29) is 0 Å². The average molecular weight is 307 g/mol. The molecule has 3 N–H and O–H groups in total. The standard InChI is InChI=1S/C18H17N3S/c19-16-12-9-10-5-1-3-7-13(10)20-17(12)21-18-15(16)11-6-2-4-8-14(11)22-18/h1,3,5,7H,2,4,6,8-9H2,(H3,19,20,21). The van der Waals surface area contributed by atoms with E-state index < -0.39 is 0 Å². The second-order valence-electron chi connectivity index (χ2n) is 6.20. The summed E-state index contributed by atoms with van der Waals surface area (Å²) in [6.45, 7) is 0. The molecule has 0 amide bonds. The number of aryl methyl sites for hydroxylation is 2. The van der Waals surface area contributed by atoms with Crippen molar-refractivity contribution in [3.8, 4) is 0 Å². The van der Waals surface area contributed by atoms with Crippen molar-refractivity contribution in [2.24, 2.45) is 0 Å². The van der Waals surface area contributed by atoms with Crippen LogP contribution in [0.25, 0.3) is 10.2 Å². The number of nitrogens with two attached hydrogens (primary N) is 1. The Kier molecular flexibility index (Phi) is 2.53. The van der Waals surface area contributed by atoms with Gasteiger partial charge in [0.05, 0.1) is 0 Å². The van der Waals surface area contributed by atoms with E-state index in [1.807, 2.05) is 11.3 Å². The number of nitrogens with one attached hydrogen (secondary N) is 1. The molecule has 5 rings (SSSR count). The molecular weight excluding hydrogens is 290 g/mol. The highest BCUT2D eigenvalue weighted by Crippen LogP contribution is 2.44. The minimum Gasteiger partial charge on any atom is -0.398 e. The van der Waals surface area contributed by atoms with E-state index in [2.05, 4.69) is 29.6 Å². The first kappa shape index (κ1) is 12.5. The molecule has 22 heavy (non-hydrogen) atoms. The molecule has 0 atom stereocenters. The number of thiophene rings is 1. The van der Waals surface area contributed by atoms with E-state index in [0.29, 0.717) is 0 Å². The van der Waals surface area contributed by atoms with Gasteiger partial charge in [-0.25, -0.2) is 4.98 Å². The van der Waals surface area contributed by atoms with Crippen molar-refractivity contribution in [2.75, 3.05) is 11.1 Å². The molecule has 1 aliphatic carbocycles. The summed E-state index contributed by atoms with van der Waals surface area (Å²) in [7, 11) is 0. The summed E-state index contributed by atoms with van der Waals surface area (Å²) >= 11 is 1.84. The Bertz CT molecular complexity index is 910. The molecule has 2 aromatic heterocycles. The number of pyridine rings is 1. The second kappa shape index (κ2) is 4.46. The van der Waals surface area contributed by atoms with E-state index >= 15 is 0 Å². The smallest absolute Gasteiger partial charge is 0.137 e. The molecule has 110 valence electrons. The van der Waals surface area contributed by atoms with Gasteiger partial charge in [0.1, 0.15) is 10.6 Å². The Morgan fingerprint density at radius 3 is 2.91 bits per heavy atom. The van der Waals surface area contributed by atoms with Gasteiger partial charge in [-0.05, 0) is 42.9 Å². The lowest BCUT2D eigenvalue weighted by Crippen LogP contribution is -2.11. The van der Waals surface area contributed by atoms with Crippen LogP contribution in [0.1, 0.15) is 34.4 Å². The highest BCUT2D eigenvalue weighted by Gasteiger charge is 2.25. The van der Waals surface area contributed by atoms with Crippen LogP contribution in [0.2, 0.25) is 0 Å². The maximum Gasteiger partial charge on any atom is 0.137 e. The molecular formula is C18H17N3S. The number of rotatable bonds is 0. The van der Waals surface area contributed by atoms with Crippen LogP contribution in [0.4, 0.5) is 17.2 Å². The Hall–Kier alpha value is -2.07. The number of fused-ring (bicyclic) bond motifs is 5. The third kappa shape index (κ3) is 1.64. The Balaban J connectivity index is 1.76. The summed E-state index contributed by atoms with van der Waals surface area (Å²) in [5.41, 5.74) is 12.6. The van der Waals surface area contributed by atoms with Gasteiger partial charge >= 0.3 is 0 Å². The predicted molar refractivity (Wildman–Crippen MR) is 93.2 cm³/mol. The highest BCUT2D eigenvalue weighted by atomic mass is 32.1. The minimum atomic E-state index is 0.873. The number of benzene rings is 1. The number of nitrogens with zero attached hydrogens (tertiary/aromatic N) is 1. The van der Waals surface area contributed by atoms with E-state index in [9.17, 15) is 0 Å². The number of aromatic nitrogens is 1. The third-order valence-corrected chi connectivity index (χ3v) is 6.07. The largest absolute Gasteiger partial charge is 0.398 e. The number of hydrogen-bond acceptors (Lipinski definition) is 4. The lowest BCUT2D eigenvalue weighted by atomic mass is 9.93. The summed E-state index contributed by atoms with van der Waals surface area (Å²) in [5, 5.41) is 4.71. The molecule has 0 fully saturated rings. The SMILES string of the molecule is Nc1c2c(nc3sc4c(c13)CCCC4)Nc1ccccc1C2. The average Bonchev–Trinajstić information content (AvgIpc) is 2.92. The van der Waals surface area contributed by atoms with Gasteiger partial charge in [0.25, 0.3) is 0 Å². The zero-order valence-electron chi connectivity index (χ0n) is 12.3. The lowest BCUT2D eigenvalue weighted by molar-refractivity contribution is 0.700. The van der Waals surface area contributed by atoms with Crippen molar-refractivity contribution in [1.29, 1.82) is 0 Å². The fourth-order valence-corrected chi connectivity index (χ4v) is 5.03. The van der Waals surface area contributed by atoms with Crippen LogP contribution in [0.5, 0.6) is 0 Å². The van der Waals surface area contributed by atoms with Crippen molar-refractivity contribution in [1.82, 2.24) is 4.98 Å². The van der Waals surface area contributed by atoms with Crippen LogP contribution >= 0.6 is 11.3 Å². The zero-order chi connectivity index (χ0) is 14.7. The molecule has 3 aromatic rings. The molecule has 0 bridgehead atoms. The van der Waals surface area contributed by atoms with Gasteiger partial charge in [-0.1, -0.05) is 18.2 Å². The maximum atomic E-state index is 6.59. The zero-order valence-corrected chi connectivity index (χ0v) is 13.1. The van der Waals surface area contributed by atoms with Crippen molar-refractivity contribution in [3.63, 3.8) is 0 Å². The Morgan fingerprint density at radius 2 is 1.95 bits per heavy atom. The van der Waals surface area contributed by atoms with Crippen molar-refractivity contribution in [3.05, 3.63) is 45.8 Å². The van der Waals surface area contributed by atoms with Crippen LogP contribution < -0.4 is 11.1 Å². The molecule has 4 heteroatoms. The topological polar surface area (TPSA) is 50.9 Å². The van der Waals surface area contributed by atoms with Crippen molar-refractivity contribution in [2.45, 2.75) is 32.1 Å². The number of hydrogen-bond donors (Lipinski definition) is 2. The fourth-order valence-electron chi connectivity index (χ4n) is 3.75. The number of para-hydroxylation sites is 1. The fraction of sp³-hybridized carbons (Fsp3) is 0.278. The predicted octanol–water partition coefficient (Wildman–Crippen LogP) is 4.41. The monoisotopic (exact) mass is 307 g/mol. The van der Waals surface area contributed by atoms with Crippen molar-refractivity contribution >= 4 is 38.7 Å². The van der Waals surface area contributed by atoms with Crippen LogP contribution in [-0.2, 0) is 19.3 Å². The lowest BCUT2D eigenvalue weighted by Gasteiger charge is -2.22. The third-order valence-electron chi connectivity index (χ3n) is 4.88. The summed E-state index contributed by atoms with van der Waals surface area (Å²) < 4.78 is 0. The van der Waals surface area contributed by atoms with Crippen LogP contribution in [0.15, 0.2) is 24.3 Å². The van der Waals surface area contributed by atoms with Gasteiger partial charge in [0.2, 0.25) is 0 Å². The summed E-state index contributed by atoms with van der Waals surface area (Å²) in [5.74, 6) is 0.947. The quantitative estimate of drug-likeness (QED) is 0.506. The molecule has 2 aliphatic rings. The van der Waals surface area contributed by atoms with Crippen LogP contribution in [0.3, 0.4) is 0 Å². The van der Waals surface area contributed by atoms with Crippen molar-refractivity contribution < 1.29 is 0 Å². The van der Waals surface area contributed by atoms with Gasteiger partial charge in [-0.15, -0.1) is 11.3 Å². The molecule has 3 heterocycles. The first-order valence-electron chi connectivity index (χ1n) is 7.89. The van der Waals surface area contributed by atoms with Gasteiger partial charge in [-0.3, -0.25) is 0 Å². The number of anilines is 3. The summed E-state index contributed by atoms with van der Waals surface area (Å²) in [6.07, 6.45) is 5.79. The van der Waals surface area contributed by atoms with E-state index in [0.717, 1.165) is 40.4 Å². The van der Waals surface area contributed by atoms with Crippen LogP contribution in [-0.4, -0.2) is 4.98 Å². The molecule has 0 saturated carbocycles. The first-order chi connectivity index (χ1) is 10.8. The molecule has 1 aliphatic heterocycles. The number of nitrogen functional groups attached to an aromatic ring is 1. The molecule has 0 saturated heterocycles. The van der Waals surface area contributed by atoms with Gasteiger partial charge < -0.3 is 11.1 Å². The van der Waals surface area contributed by atoms with E-state index in [1.165, 1.54) is 40.7 Å².